The predicted molar refractivity (Wildman–Crippen MR) is 96.8 cm³/mol. The van der Waals surface area contributed by atoms with Crippen LogP contribution in [0.1, 0.15) is 48.4 Å². The highest BCUT2D eigenvalue weighted by Crippen LogP contribution is 2.38. The molecule has 1 fully saturated rings. The van der Waals surface area contributed by atoms with Gasteiger partial charge < -0.3 is 10.8 Å². The summed E-state index contributed by atoms with van der Waals surface area (Å²) < 4.78 is 0. The number of hydrogen-bond donors (Lipinski definition) is 2. The molecule has 3 heteroatoms. The summed E-state index contributed by atoms with van der Waals surface area (Å²) in [6.45, 7) is 0. The molecule has 2 nitrogen and oxygen atoms in total. The van der Waals surface area contributed by atoms with Crippen molar-refractivity contribution in [2.45, 2.75) is 44.2 Å². The zero-order chi connectivity index (χ0) is 15.1. The first-order valence-corrected chi connectivity index (χ1v) is 8.39. The van der Waals surface area contributed by atoms with Gasteiger partial charge in [-0.3, -0.25) is 0 Å². The van der Waals surface area contributed by atoms with Crippen LogP contribution < -0.4 is 5.73 Å². The SMILES string of the molecule is Cl.N[C@H](c1ccc2c(c1)Cc1ccccc1-2)[C@@H](O)C1CCCC1. The molecule has 2 aromatic carbocycles. The van der Waals surface area contributed by atoms with Crippen LogP contribution in [0.25, 0.3) is 11.1 Å². The van der Waals surface area contributed by atoms with Gasteiger partial charge in [-0.05, 0) is 53.0 Å². The maximum Gasteiger partial charge on any atom is 0.0760 e. The molecule has 0 spiro atoms. The Hall–Kier alpha value is -1.35. The van der Waals surface area contributed by atoms with Gasteiger partial charge in [-0.2, -0.15) is 0 Å². The monoisotopic (exact) mass is 329 g/mol. The van der Waals surface area contributed by atoms with Crippen molar-refractivity contribution in [3.63, 3.8) is 0 Å². The van der Waals surface area contributed by atoms with E-state index in [-0.39, 0.29) is 18.4 Å². The molecule has 0 unspecified atom stereocenters. The minimum atomic E-state index is -0.413. The van der Waals surface area contributed by atoms with E-state index in [1.165, 1.54) is 35.1 Å². The van der Waals surface area contributed by atoms with Gasteiger partial charge in [-0.15, -0.1) is 12.4 Å². The number of nitrogens with two attached hydrogens (primary N) is 1. The van der Waals surface area contributed by atoms with Crippen molar-refractivity contribution in [1.82, 2.24) is 0 Å². The van der Waals surface area contributed by atoms with Crippen LogP contribution in [0.2, 0.25) is 0 Å². The van der Waals surface area contributed by atoms with Crippen LogP contribution in [0, 0.1) is 5.92 Å². The number of fused-ring (bicyclic) bond motifs is 3. The van der Waals surface area contributed by atoms with Crippen LogP contribution >= 0.6 is 12.4 Å². The average Bonchev–Trinajstić information content (AvgIpc) is 3.20. The molecule has 0 aromatic heterocycles. The first-order chi connectivity index (χ1) is 10.7. The normalized spacial score (nSPS) is 18.9. The molecule has 2 aliphatic rings. The number of benzene rings is 2. The smallest absolute Gasteiger partial charge is 0.0760 e. The van der Waals surface area contributed by atoms with Gasteiger partial charge in [0, 0.05) is 0 Å². The van der Waals surface area contributed by atoms with E-state index in [4.69, 9.17) is 5.73 Å². The molecule has 1 saturated carbocycles. The summed E-state index contributed by atoms with van der Waals surface area (Å²) in [6, 6.07) is 14.8. The zero-order valence-corrected chi connectivity index (χ0v) is 14.1. The minimum Gasteiger partial charge on any atom is -0.391 e. The Morgan fingerprint density at radius 2 is 1.65 bits per heavy atom. The molecule has 3 N–H and O–H groups in total. The molecule has 122 valence electrons. The molecule has 0 amide bonds. The van der Waals surface area contributed by atoms with Gasteiger partial charge >= 0.3 is 0 Å². The Labute approximate surface area is 144 Å². The summed E-state index contributed by atoms with van der Waals surface area (Å²) in [5.41, 5.74) is 12.8. The van der Waals surface area contributed by atoms with Gasteiger partial charge in [-0.25, -0.2) is 0 Å². The van der Waals surface area contributed by atoms with Crippen LogP contribution in [0.3, 0.4) is 0 Å². The highest BCUT2D eigenvalue weighted by molar-refractivity contribution is 5.85. The van der Waals surface area contributed by atoms with Crippen LogP contribution in [0.15, 0.2) is 42.5 Å². The topological polar surface area (TPSA) is 46.2 Å². The molecule has 0 saturated heterocycles. The van der Waals surface area contributed by atoms with E-state index in [9.17, 15) is 5.11 Å². The van der Waals surface area contributed by atoms with Gasteiger partial charge in [0.15, 0.2) is 0 Å². The first-order valence-electron chi connectivity index (χ1n) is 8.39. The lowest BCUT2D eigenvalue weighted by molar-refractivity contribution is 0.0845. The number of aliphatic hydroxyl groups excluding tert-OH is 1. The van der Waals surface area contributed by atoms with E-state index >= 15 is 0 Å². The van der Waals surface area contributed by atoms with E-state index in [0.29, 0.717) is 5.92 Å². The van der Waals surface area contributed by atoms with E-state index in [2.05, 4.69) is 42.5 Å². The zero-order valence-electron chi connectivity index (χ0n) is 13.2. The van der Waals surface area contributed by atoms with Gasteiger partial charge in [-0.1, -0.05) is 55.3 Å². The third-order valence-corrected chi connectivity index (χ3v) is 5.45. The van der Waals surface area contributed by atoms with E-state index in [1.807, 2.05) is 0 Å². The first kappa shape index (κ1) is 16.5. The van der Waals surface area contributed by atoms with Gasteiger partial charge in [0.1, 0.15) is 0 Å². The molecular weight excluding hydrogens is 306 g/mol. The van der Waals surface area contributed by atoms with Gasteiger partial charge in [0.05, 0.1) is 12.1 Å². The maximum atomic E-state index is 10.6. The largest absolute Gasteiger partial charge is 0.391 e. The van der Waals surface area contributed by atoms with Crippen LogP contribution in [0.4, 0.5) is 0 Å². The molecule has 0 bridgehead atoms. The van der Waals surface area contributed by atoms with E-state index < -0.39 is 6.10 Å². The lowest BCUT2D eigenvalue weighted by atomic mass is 9.89. The van der Waals surface area contributed by atoms with Crippen LogP contribution in [-0.4, -0.2) is 11.2 Å². The van der Waals surface area contributed by atoms with Crippen molar-refractivity contribution >= 4 is 12.4 Å². The molecule has 0 aliphatic heterocycles. The quantitative estimate of drug-likeness (QED) is 0.755. The Kier molecular flexibility index (Phi) is 4.77. The number of aliphatic hydroxyl groups is 1. The summed E-state index contributed by atoms with van der Waals surface area (Å²) in [5, 5.41) is 10.6. The summed E-state index contributed by atoms with van der Waals surface area (Å²) >= 11 is 0. The maximum absolute atomic E-state index is 10.6. The van der Waals surface area contributed by atoms with E-state index in [0.717, 1.165) is 24.8 Å². The second kappa shape index (κ2) is 6.64. The van der Waals surface area contributed by atoms with E-state index in [1.54, 1.807) is 0 Å². The van der Waals surface area contributed by atoms with Crippen molar-refractivity contribution in [3.8, 4) is 11.1 Å². The van der Waals surface area contributed by atoms with Crippen LogP contribution in [-0.2, 0) is 6.42 Å². The lowest BCUT2D eigenvalue weighted by Crippen LogP contribution is -2.32. The Bertz CT molecular complexity index is 694. The molecule has 0 heterocycles. The molecule has 4 rings (SSSR count). The van der Waals surface area contributed by atoms with Crippen molar-refractivity contribution in [3.05, 3.63) is 59.2 Å². The Balaban J connectivity index is 0.00000156. The minimum absolute atomic E-state index is 0. The van der Waals surface area contributed by atoms with Crippen LogP contribution in [0.5, 0.6) is 0 Å². The summed E-state index contributed by atoms with van der Waals surface area (Å²) in [6.07, 6.45) is 5.26. The standard InChI is InChI=1S/C20H23NO.ClH/c21-19(20(22)13-5-1-2-6-13)15-9-10-18-16(12-15)11-14-7-3-4-8-17(14)18;/h3-4,7-10,12-13,19-20,22H,1-2,5-6,11,21H2;1H/t19-,20+;/m1./s1. The summed E-state index contributed by atoms with van der Waals surface area (Å²) in [4.78, 5) is 0. The van der Waals surface area contributed by atoms with Crippen molar-refractivity contribution in [2.75, 3.05) is 0 Å². The van der Waals surface area contributed by atoms with Gasteiger partial charge in [0.25, 0.3) is 0 Å². The second-order valence-corrected chi connectivity index (χ2v) is 6.81. The summed E-state index contributed by atoms with van der Waals surface area (Å²) in [5.74, 6) is 0.375. The predicted octanol–water partition coefficient (Wildman–Crippen LogP) is 4.23. The Morgan fingerprint density at radius 3 is 2.43 bits per heavy atom. The number of halogens is 1. The molecule has 2 aromatic rings. The van der Waals surface area contributed by atoms with Crippen molar-refractivity contribution < 1.29 is 5.11 Å². The lowest BCUT2D eigenvalue weighted by Gasteiger charge is -2.25. The third kappa shape index (κ3) is 2.91. The van der Waals surface area contributed by atoms with Gasteiger partial charge in [0.2, 0.25) is 0 Å². The fraction of sp³-hybridized carbons (Fsp3) is 0.400. The fourth-order valence-electron chi connectivity index (χ4n) is 4.16. The second-order valence-electron chi connectivity index (χ2n) is 6.81. The Morgan fingerprint density at radius 1 is 0.957 bits per heavy atom. The fourth-order valence-corrected chi connectivity index (χ4v) is 4.16. The molecule has 23 heavy (non-hydrogen) atoms. The number of rotatable bonds is 3. The molecule has 2 aliphatic carbocycles. The van der Waals surface area contributed by atoms with Crippen molar-refractivity contribution in [1.29, 1.82) is 0 Å². The van der Waals surface area contributed by atoms with Crippen molar-refractivity contribution in [2.24, 2.45) is 11.7 Å². The molecular formula is C20H24ClNO. The summed E-state index contributed by atoms with van der Waals surface area (Å²) in [7, 11) is 0. The molecule has 0 radical (unpaired) electrons. The number of hydrogen-bond acceptors (Lipinski definition) is 2. The molecule has 2 atom stereocenters. The highest BCUT2D eigenvalue weighted by Gasteiger charge is 2.29. The highest BCUT2D eigenvalue weighted by atomic mass is 35.5. The third-order valence-electron chi connectivity index (χ3n) is 5.45. The average molecular weight is 330 g/mol.